The van der Waals surface area contributed by atoms with E-state index < -0.39 is 23.8 Å². The second kappa shape index (κ2) is 7.22. The summed E-state index contributed by atoms with van der Waals surface area (Å²) in [6, 6.07) is 10.0. The summed E-state index contributed by atoms with van der Waals surface area (Å²) in [5, 5.41) is 2.66. The fourth-order valence-electron chi connectivity index (χ4n) is 2.21. The third-order valence-electron chi connectivity index (χ3n) is 3.46. The highest BCUT2D eigenvalue weighted by Gasteiger charge is 2.19. The van der Waals surface area contributed by atoms with E-state index in [2.05, 4.69) is 5.32 Å². The molecule has 1 amide bonds. The first kappa shape index (κ1) is 16.9. The number of rotatable bonds is 5. The van der Waals surface area contributed by atoms with Crippen molar-refractivity contribution < 1.29 is 18.3 Å². The van der Waals surface area contributed by atoms with Gasteiger partial charge in [-0.05, 0) is 44.5 Å². The summed E-state index contributed by atoms with van der Waals surface area (Å²) in [6.07, 6.45) is -0.734. The van der Waals surface area contributed by atoms with Crippen molar-refractivity contribution in [2.75, 3.05) is 0 Å². The van der Waals surface area contributed by atoms with Crippen LogP contribution in [0.2, 0.25) is 0 Å². The predicted octanol–water partition coefficient (Wildman–Crippen LogP) is 3.92. The Morgan fingerprint density at radius 2 is 1.87 bits per heavy atom. The fraction of sp³-hybridized carbons (Fsp3) is 0.278. The lowest BCUT2D eigenvalue weighted by atomic mass is 10.1. The number of benzene rings is 2. The third kappa shape index (κ3) is 4.52. The molecule has 2 unspecified atom stereocenters. The van der Waals surface area contributed by atoms with E-state index in [1.54, 1.807) is 19.9 Å². The van der Waals surface area contributed by atoms with Gasteiger partial charge < -0.3 is 10.1 Å². The largest absolute Gasteiger partial charge is 0.481 e. The third-order valence-corrected chi connectivity index (χ3v) is 3.46. The normalized spacial score (nSPS) is 13.3. The highest BCUT2D eigenvalue weighted by molar-refractivity contribution is 5.81. The zero-order valence-electron chi connectivity index (χ0n) is 13.3. The topological polar surface area (TPSA) is 38.3 Å². The second-order valence-corrected chi connectivity index (χ2v) is 5.47. The number of aryl methyl sites for hydroxylation is 1. The van der Waals surface area contributed by atoms with Crippen molar-refractivity contribution in [1.29, 1.82) is 0 Å². The Kier molecular flexibility index (Phi) is 5.32. The summed E-state index contributed by atoms with van der Waals surface area (Å²) in [5.41, 5.74) is 1.25. The van der Waals surface area contributed by atoms with Gasteiger partial charge in [0.05, 0.1) is 6.04 Å². The Labute approximate surface area is 134 Å². The van der Waals surface area contributed by atoms with Crippen LogP contribution in [0.5, 0.6) is 5.75 Å². The Balaban J connectivity index is 2.00. The molecule has 2 atom stereocenters. The van der Waals surface area contributed by atoms with Crippen LogP contribution in [0.4, 0.5) is 8.78 Å². The molecule has 2 aromatic rings. The number of nitrogens with one attached hydrogen (secondary N) is 1. The lowest BCUT2D eigenvalue weighted by Gasteiger charge is -2.19. The molecule has 0 saturated heterocycles. The molecule has 0 aliphatic heterocycles. The maximum absolute atomic E-state index is 13.7. The molecular weight excluding hydrogens is 300 g/mol. The Morgan fingerprint density at radius 3 is 2.52 bits per heavy atom. The van der Waals surface area contributed by atoms with Crippen LogP contribution in [0.15, 0.2) is 42.5 Å². The number of hydrogen-bond donors (Lipinski definition) is 1. The molecule has 0 spiro atoms. The van der Waals surface area contributed by atoms with Crippen molar-refractivity contribution in [3.63, 3.8) is 0 Å². The molecule has 0 heterocycles. The molecule has 122 valence electrons. The summed E-state index contributed by atoms with van der Waals surface area (Å²) >= 11 is 0. The Bertz CT molecular complexity index is 703. The molecule has 0 saturated carbocycles. The van der Waals surface area contributed by atoms with E-state index in [0.29, 0.717) is 5.75 Å². The number of amides is 1. The van der Waals surface area contributed by atoms with Gasteiger partial charge >= 0.3 is 0 Å². The predicted molar refractivity (Wildman–Crippen MR) is 84.2 cm³/mol. The minimum Gasteiger partial charge on any atom is -0.481 e. The minimum atomic E-state index is -0.734. The van der Waals surface area contributed by atoms with Crippen molar-refractivity contribution in [1.82, 2.24) is 5.32 Å². The smallest absolute Gasteiger partial charge is 0.261 e. The van der Waals surface area contributed by atoms with E-state index in [1.165, 1.54) is 6.07 Å². The first-order chi connectivity index (χ1) is 10.9. The molecular formula is C18H19F2NO2. The van der Waals surface area contributed by atoms with Gasteiger partial charge in [0.25, 0.3) is 5.91 Å². The van der Waals surface area contributed by atoms with Crippen LogP contribution < -0.4 is 10.1 Å². The van der Waals surface area contributed by atoms with Crippen molar-refractivity contribution in [2.24, 2.45) is 0 Å². The minimum absolute atomic E-state index is 0.225. The van der Waals surface area contributed by atoms with Crippen molar-refractivity contribution in [3.8, 4) is 5.75 Å². The molecule has 0 aliphatic rings. The summed E-state index contributed by atoms with van der Waals surface area (Å²) < 4.78 is 32.2. The molecule has 3 nitrogen and oxygen atoms in total. The number of hydrogen-bond acceptors (Lipinski definition) is 2. The summed E-state index contributed by atoms with van der Waals surface area (Å²) in [7, 11) is 0. The van der Waals surface area contributed by atoms with Crippen molar-refractivity contribution >= 4 is 5.91 Å². The van der Waals surface area contributed by atoms with E-state index >= 15 is 0 Å². The Morgan fingerprint density at radius 1 is 1.13 bits per heavy atom. The van der Waals surface area contributed by atoms with E-state index in [9.17, 15) is 13.6 Å². The van der Waals surface area contributed by atoms with Crippen LogP contribution in [0.1, 0.15) is 31.0 Å². The lowest BCUT2D eigenvalue weighted by Crippen LogP contribution is -2.38. The van der Waals surface area contributed by atoms with Crippen LogP contribution in [-0.2, 0) is 4.79 Å². The van der Waals surface area contributed by atoms with E-state index in [0.717, 1.165) is 17.7 Å². The standard InChI is InChI=1S/C18H19F2NO2/c1-11-5-4-6-15(9-11)23-13(3)18(22)21-12(2)16-8-7-14(19)10-17(16)20/h4-10,12-13H,1-3H3,(H,21,22). The first-order valence-electron chi connectivity index (χ1n) is 7.35. The molecule has 0 aliphatic carbocycles. The number of carbonyl (C=O) groups is 1. The molecule has 0 fully saturated rings. The SMILES string of the molecule is Cc1cccc(OC(C)C(=O)NC(C)c2ccc(F)cc2F)c1. The van der Waals surface area contributed by atoms with Gasteiger partial charge in [-0.3, -0.25) is 4.79 Å². The zero-order chi connectivity index (χ0) is 17.0. The second-order valence-electron chi connectivity index (χ2n) is 5.47. The van der Waals surface area contributed by atoms with Gasteiger partial charge in [-0.15, -0.1) is 0 Å². The average Bonchev–Trinajstić information content (AvgIpc) is 2.46. The van der Waals surface area contributed by atoms with E-state index in [4.69, 9.17) is 4.74 Å². The fourth-order valence-corrected chi connectivity index (χ4v) is 2.21. The quantitative estimate of drug-likeness (QED) is 0.907. The number of ether oxygens (including phenoxy) is 1. The Hall–Kier alpha value is -2.43. The molecule has 2 rings (SSSR count). The highest BCUT2D eigenvalue weighted by Crippen LogP contribution is 2.19. The van der Waals surface area contributed by atoms with Gasteiger partial charge in [-0.25, -0.2) is 8.78 Å². The monoisotopic (exact) mass is 319 g/mol. The van der Waals surface area contributed by atoms with Gasteiger partial charge in [0, 0.05) is 11.6 Å². The zero-order valence-corrected chi connectivity index (χ0v) is 13.3. The van der Waals surface area contributed by atoms with Gasteiger partial charge in [-0.1, -0.05) is 18.2 Å². The molecule has 0 radical (unpaired) electrons. The van der Waals surface area contributed by atoms with Crippen molar-refractivity contribution in [2.45, 2.75) is 32.9 Å². The number of carbonyl (C=O) groups excluding carboxylic acids is 1. The van der Waals surface area contributed by atoms with Crippen LogP contribution in [0.25, 0.3) is 0 Å². The summed E-state index contributed by atoms with van der Waals surface area (Å²) in [4.78, 5) is 12.2. The maximum atomic E-state index is 13.7. The maximum Gasteiger partial charge on any atom is 0.261 e. The number of halogens is 2. The molecule has 5 heteroatoms. The van der Waals surface area contributed by atoms with Crippen LogP contribution in [-0.4, -0.2) is 12.0 Å². The molecule has 2 aromatic carbocycles. The molecule has 0 aromatic heterocycles. The van der Waals surface area contributed by atoms with Crippen LogP contribution >= 0.6 is 0 Å². The van der Waals surface area contributed by atoms with Crippen molar-refractivity contribution in [3.05, 3.63) is 65.2 Å². The lowest BCUT2D eigenvalue weighted by molar-refractivity contribution is -0.127. The van der Waals surface area contributed by atoms with Gasteiger partial charge in [-0.2, -0.15) is 0 Å². The van der Waals surface area contributed by atoms with Gasteiger partial charge in [0.15, 0.2) is 6.10 Å². The van der Waals surface area contributed by atoms with Gasteiger partial charge in [0.2, 0.25) is 0 Å². The summed E-state index contributed by atoms with van der Waals surface area (Å²) in [5.74, 6) is -1.12. The van der Waals surface area contributed by atoms with Crippen LogP contribution in [0, 0.1) is 18.6 Å². The first-order valence-corrected chi connectivity index (χ1v) is 7.35. The molecule has 23 heavy (non-hydrogen) atoms. The average molecular weight is 319 g/mol. The van der Waals surface area contributed by atoms with Gasteiger partial charge in [0.1, 0.15) is 17.4 Å². The molecule has 0 bridgehead atoms. The van der Waals surface area contributed by atoms with Crippen LogP contribution in [0.3, 0.4) is 0 Å². The molecule has 1 N–H and O–H groups in total. The van der Waals surface area contributed by atoms with E-state index in [1.807, 2.05) is 25.1 Å². The summed E-state index contributed by atoms with van der Waals surface area (Å²) in [6.45, 7) is 5.18. The highest BCUT2D eigenvalue weighted by atomic mass is 19.1. The van der Waals surface area contributed by atoms with E-state index in [-0.39, 0.29) is 11.5 Å².